The number of fused-ring (bicyclic) bond motifs is 2. The largest absolute Gasteiger partial charge is 0.469 e. The zero-order chi connectivity index (χ0) is 13.5. The first kappa shape index (κ1) is 11.8. The highest BCUT2D eigenvalue weighted by molar-refractivity contribution is 5.82. The lowest BCUT2D eigenvalue weighted by Gasteiger charge is -2.21. The number of rotatable bonds is 2. The Labute approximate surface area is 118 Å². The minimum atomic E-state index is 0.156. The van der Waals surface area contributed by atoms with E-state index in [4.69, 9.17) is 4.42 Å². The molecule has 1 aliphatic heterocycles. The van der Waals surface area contributed by atoms with Crippen molar-refractivity contribution >= 4 is 5.91 Å². The molecule has 0 N–H and O–H groups in total. The van der Waals surface area contributed by atoms with Gasteiger partial charge in [0.05, 0.1) is 6.26 Å². The standard InChI is InChI=1S/C17H17NO2/c19-17-15-8-13-6-7-20-16(13)9-14(15)11-18(17)10-12-4-2-1-3-5-12/h1-7,14-15H,8-11H2/t14-,15-/m0/s1. The number of nitrogens with zero attached hydrogens (tertiary/aromatic N) is 1. The molecule has 2 atom stereocenters. The van der Waals surface area contributed by atoms with Crippen LogP contribution in [0.3, 0.4) is 0 Å². The molecule has 1 aromatic heterocycles. The van der Waals surface area contributed by atoms with Crippen LogP contribution in [0.5, 0.6) is 0 Å². The molecule has 0 unspecified atom stereocenters. The summed E-state index contributed by atoms with van der Waals surface area (Å²) in [5.41, 5.74) is 2.43. The second-order valence-corrected chi connectivity index (χ2v) is 5.85. The highest BCUT2D eigenvalue weighted by atomic mass is 16.3. The summed E-state index contributed by atoms with van der Waals surface area (Å²) < 4.78 is 5.52. The Kier molecular flexibility index (Phi) is 2.66. The van der Waals surface area contributed by atoms with Crippen LogP contribution in [0.2, 0.25) is 0 Å². The van der Waals surface area contributed by atoms with Gasteiger partial charge in [0, 0.05) is 25.4 Å². The monoisotopic (exact) mass is 267 g/mol. The van der Waals surface area contributed by atoms with Crippen LogP contribution in [0.4, 0.5) is 0 Å². The van der Waals surface area contributed by atoms with Crippen LogP contribution in [-0.2, 0) is 24.2 Å². The molecule has 3 heteroatoms. The van der Waals surface area contributed by atoms with Gasteiger partial charge in [-0.2, -0.15) is 0 Å². The maximum Gasteiger partial charge on any atom is 0.226 e. The van der Waals surface area contributed by atoms with Gasteiger partial charge in [-0.05, 0) is 29.5 Å². The van der Waals surface area contributed by atoms with Gasteiger partial charge < -0.3 is 9.32 Å². The molecule has 1 fully saturated rings. The summed E-state index contributed by atoms with van der Waals surface area (Å²) in [5.74, 6) is 1.97. The average molecular weight is 267 g/mol. The van der Waals surface area contributed by atoms with Gasteiger partial charge in [0.2, 0.25) is 5.91 Å². The zero-order valence-electron chi connectivity index (χ0n) is 11.3. The number of carbonyl (C=O) groups excluding carboxylic acids is 1. The fourth-order valence-electron chi connectivity index (χ4n) is 3.55. The number of carbonyl (C=O) groups is 1. The van der Waals surface area contributed by atoms with E-state index in [1.807, 2.05) is 29.2 Å². The van der Waals surface area contributed by atoms with Gasteiger partial charge in [-0.3, -0.25) is 4.79 Å². The zero-order valence-corrected chi connectivity index (χ0v) is 11.3. The Morgan fingerprint density at radius 2 is 2.00 bits per heavy atom. The SMILES string of the molecule is O=C1[C@H]2Cc3ccoc3C[C@H]2CN1Cc1ccccc1. The summed E-state index contributed by atoms with van der Waals surface area (Å²) in [7, 11) is 0. The van der Waals surface area contributed by atoms with E-state index in [0.717, 1.165) is 31.7 Å². The molecule has 0 bridgehead atoms. The van der Waals surface area contributed by atoms with Gasteiger partial charge in [0.15, 0.2) is 0 Å². The van der Waals surface area contributed by atoms with Crippen LogP contribution >= 0.6 is 0 Å². The van der Waals surface area contributed by atoms with Crippen molar-refractivity contribution in [3.05, 3.63) is 59.5 Å². The van der Waals surface area contributed by atoms with E-state index in [9.17, 15) is 4.79 Å². The summed E-state index contributed by atoms with van der Waals surface area (Å²) in [4.78, 5) is 14.6. The Morgan fingerprint density at radius 3 is 2.85 bits per heavy atom. The minimum absolute atomic E-state index is 0.156. The maximum atomic E-state index is 12.6. The lowest BCUT2D eigenvalue weighted by atomic mass is 9.81. The summed E-state index contributed by atoms with van der Waals surface area (Å²) in [6.07, 6.45) is 3.50. The lowest BCUT2D eigenvalue weighted by Crippen LogP contribution is -2.28. The number of likely N-dealkylation sites (tertiary alicyclic amines) is 1. The molecule has 0 saturated carbocycles. The molecule has 2 aromatic rings. The first-order valence-corrected chi connectivity index (χ1v) is 7.19. The second kappa shape index (κ2) is 4.51. The average Bonchev–Trinajstić information content (AvgIpc) is 3.03. The molecule has 3 nitrogen and oxygen atoms in total. The van der Waals surface area contributed by atoms with E-state index in [1.54, 1.807) is 6.26 Å². The van der Waals surface area contributed by atoms with Gasteiger partial charge in [0.25, 0.3) is 0 Å². The molecule has 20 heavy (non-hydrogen) atoms. The van der Waals surface area contributed by atoms with Crippen LogP contribution in [0, 0.1) is 11.8 Å². The molecule has 2 aliphatic rings. The molecule has 102 valence electrons. The third-order valence-electron chi connectivity index (χ3n) is 4.59. The van der Waals surface area contributed by atoms with Gasteiger partial charge in [-0.25, -0.2) is 0 Å². The van der Waals surface area contributed by atoms with Crippen LogP contribution in [-0.4, -0.2) is 17.4 Å². The Hall–Kier alpha value is -2.03. The summed E-state index contributed by atoms with van der Waals surface area (Å²) in [5, 5.41) is 0. The quantitative estimate of drug-likeness (QED) is 0.838. The van der Waals surface area contributed by atoms with E-state index >= 15 is 0 Å². The van der Waals surface area contributed by atoms with E-state index in [-0.39, 0.29) is 5.92 Å². The second-order valence-electron chi connectivity index (χ2n) is 5.85. The fraction of sp³-hybridized carbons (Fsp3) is 0.353. The molecule has 4 rings (SSSR count). The third-order valence-corrected chi connectivity index (χ3v) is 4.59. The van der Waals surface area contributed by atoms with Crippen molar-refractivity contribution < 1.29 is 9.21 Å². The summed E-state index contributed by atoms with van der Waals surface area (Å²) in [6.45, 7) is 1.59. The molecular formula is C17H17NO2. The van der Waals surface area contributed by atoms with Gasteiger partial charge in [-0.15, -0.1) is 0 Å². The van der Waals surface area contributed by atoms with E-state index < -0.39 is 0 Å². The predicted molar refractivity (Wildman–Crippen MR) is 75.0 cm³/mol. The van der Waals surface area contributed by atoms with Crippen molar-refractivity contribution in [2.45, 2.75) is 19.4 Å². The van der Waals surface area contributed by atoms with Gasteiger partial charge in [0.1, 0.15) is 5.76 Å². The molecule has 1 amide bonds. The predicted octanol–water partition coefficient (Wildman–Crippen LogP) is 2.65. The number of hydrogen-bond acceptors (Lipinski definition) is 2. The van der Waals surface area contributed by atoms with Crippen molar-refractivity contribution in [3.63, 3.8) is 0 Å². The van der Waals surface area contributed by atoms with Crippen molar-refractivity contribution in [1.82, 2.24) is 4.90 Å². The van der Waals surface area contributed by atoms with Gasteiger partial charge in [-0.1, -0.05) is 30.3 Å². The van der Waals surface area contributed by atoms with Crippen molar-refractivity contribution in [3.8, 4) is 0 Å². The molecule has 0 radical (unpaired) electrons. The molecule has 1 saturated heterocycles. The first-order valence-electron chi connectivity index (χ1n) is 7.19. The number of amides is 1. The lowest BCUT2D eigenvalue weighted by molar-refractivity contribution is -0.131. The van der Waals surface area contributed by atoms with Crippen molar-refractivity contribution in [2.75, 3.05) is 6.54 Å². The first-order chi connectivity index (χ1) is 9.81. The topological polar surface area (TPSA) is 33.5 Å². The number of benzene rings is 1. The van der Waals surface area contributed by atoms with E-state index in [0.29, 0.717) is 11.8 Å². The van der Waals surface area contributed by atoms with E-state index in [1.165, 1.54) is 11.1 Å². The Bertz CT molecular complexity index is 631. The van der Waals surface area contributed by atoms with Crippen LogP contribution < -0.4 is 0 Å². The Morgan fingerprint density at radius 1 is 1.15 bits per heavy atom. The van der Waals surface area contributed by atoms with Crippen molar-refractivity contribution in [2.24, 2.45) is 11.8 Å². The van der Waals surface area contributed by atoms with Crippen LogP contribution in [0.25, 0.3) is 0 Å². The molecular weight excluding hydrogens is 250 g/mol. The maximum absolute atomic E-state index is 12.6. The number of hydrogen-bond donors (Lipinski definition) is 0. The molecule has 0 spiro atoms. The Balaban J connectivity index is 1.53. The number of furan rings is 1. The van der Waals surface area contributed by atoms with Crippen molar-refractivity contribution in [1.29, 1.82) is 0 Å². The molecule has 2 heterocycles. The normalized spacial score (nSPS) is 24.6. The molecule has 1 aromatic carbocycles. The summed E-state index contributed by atoms with van der Waals surface area (Å²) in [6, 6.07) is 12.2. The highest BCUT2D eigenvalue weighted by Crippen LogP contribution is 2.37. The fourth-order valence-corrected chi connectivity index (χ4v) is 3.55. The smallest absolute Gasteiger partial charge is 0.226 e. The van der Waals surface area contributed by atoms with Crippen LogP contribution in [0.15, 0.2) is 47.1 Å². The highest BCUT2D eigenvalue weighted by Gasteiger charge is 2.43. The summed E-state index contributed by atoms with van der Waals surface area (Å²) >= 11 is 0. The van der Waals surface area contributed by atoms with E-state index in [2.05, 4.69) is 12.1 Å². The third kappa shape index (κ3) is 1.85. The van der Waals surface area contributed by atoms with Crippen LogP contribution in [0.1, 0.15) is 16.9 Å². The molecule has 1 aliphatic carbocycles. The van der Waals surface area contributed by atoms with Gasteiger partial charge >= 0.3 is 0 Å². The minimum Gasteiger partial charge on any atom is -0.469 e.